The fraction of sp³-hybridized carbons (Fsp3) is 0.567. The van der Waals surface area contributed by atoms with E-state index in [1.54, 1.807) is 0 Å². The molecular formula is C30H43NO6. The second-order valence-corrected chi connectivity index (χ2v) is 9.61. The van der Waals surface area contributed by atoms with Crippen molar-refractivity contribution in [1.29, 1.82) is 0 Å². The van der Waals surface area contributed by atoms with Crippen LogP contribution in [-0.4, -0.2) is 54.9 Å². The van der Waals surface area contributed by atoms with E-state index in [4.69, 9.17) is 18.9 Å². The molecule has 2 N–H and O–H groups in total. The molecule has 7 nitrogen and oxygen atoms in total. The number of benzene rings is 2. The van der Waals surface area contributed by atoms with Crippen LogP contribution in [0, 0.1) is 0 Å². The van der Waals surface area contributed by atoms with E-state index < -0.39 is 30.6 Å². The van der Waals surface area contributed by atoms with Gasteiger partial charge in [-0.25, -0.2) is 0 Å². The van der Waals surface area contributed by atoms with Crippen molar-refractivity contribution in [3.63, 3.8) is 0 Å². The highest BCUT2D eigenvalue weighted by Crippen LogP contribution is 2.29. The van der Waals surface area contributed by atoms with Gasteiger partial charge in [-0.2, -0.15) is 0 Å². The molecule has 0 radical (unpaired) electrons. The maximum atomic E-state index is 12.2. The van der Waals surface area contributed by atoms with Crippen LogP contribution in [0.5, 0.6) is 0 Å². The number of carbonyl (C=O) groups is 1. The van der Waals surface area contributed by atoms with E-state index >= 15 is 0 Å². The predicted octanol–water partition coefficient (Wildman–Crippen LogP) is 4.76. The van der Waals surface area contributed by atoms with Crippen molar-refractivity contribution in [2.75, 3.05) is 13.2 Å². The van der Waals surface area contributed by atoms with Crippen molar-refractivity contribution in [3.05, 3.63) is 71.8 Å². The molecule has 204 valence electrons. The number of hydrogen-bond acceptors (Lipinski definition) is 6. The maximum absolute atomic E-state index is 12.2. The third kappa shape index (κ3) is 9.83. The van der Waals surface area contributed by atoms with Gasteiger partial charge in [0.25, 0.3) is 0 Å². The number of nitrogens with one attached hydrogen (secondary N) is 1. The second kappa shape index (κ2) is 16.5. The lowest BCUT2D eigenvalue weighted by Gasteiger charge is -2.46. The molecule has 1 saturated heterocycles. The van der Waals surface area contributed by atoms with E-state index in [9.17, 15) is 9.90 Å². The van der Waals surface area contributed by atoms with E-state index in [0.717, 1.165) is 24.0 Å². The van der Waals surface area contributed by atoms with Gasteiger partial charge >= 0.3 is 0 Å². The highest BCUT2D eigenvalue weighted by Gasteiger charge is 2.48. The summed E-state index contributed by atoms with van der Waals surface area (Å²) in [5, 5.41) is 13.2. The smallest absolute Gasteiger partial charge is 0.217 e. The Hall–Kier alpha value is -2.29. The van der Waals surface area contributed by atoms with Gasteiger partial charge in [0.05, 0.1) is 19.8 Å². The van der Waals surface area contributed by atoms with Gasteiger partial charge in [0, 0.05) is 13.5 Å². The van der Waals surface area contributed by atoms with Gasteiger partial charge in [0.15, 0.2) is 6.29 Å². The molecule has 0 saturated carbocycles. The fourth-order valence-corrected chi connectivity index (χ4v) is 4.60. The molecule has 7 heteroatoms. The molecule has 2 aromatic rings. The number of aliphatic hydroxyl groups is 1. The van der Waals surface area contributed by atoms with Crippen LogP contribution < -0.4 is 5.32 Å². The molecule has 0 unspecified atom stereocenters. The van der Waals surface area contributed by atoms with Gasteiger partial charge in [-0.3, -0.25) is 4.79 Å². The average molecular weight is 514 g/mol. The minimum Gasteiger partial charge on any atom is -0.394 e. The first-order valence-electron chi connectivity index (χ1n) is 13.6. The van der Waals surface area contributed by atoms with E-state index in [0.29, 0.717) is 19.8 Å². The van der Waals surface area contributed by atoms with Crippen molar-refractivity contribution in [2.45, 2.75) is 96.2 Å². The fourth-order valence-electron chi connectivity index (χ4n) is 4.60. The van der Waals surface area contributed by atoms with Crippen LogP contribution in [0.2, 0.25) is 0 Å². The largest absolute Gasteiger partial charge is 0.394 e. The minimum absolute atomic E-state index is 0.209. The molecule has 1 heterocycles. The number of aliphatic hydroxyl groups excluding tert-OH is 1. The molecule has 0 aromatic heterocycles. The van der Waals surface area contributed by atoms with Gasteiger partial charge in [-0.15, -0.1) is 0 Å². The van der Waals surface area contributed by atoms with Crippen molar-refractivity contribution in [2.24, 2.45) is 0 Å². The Morgan fingerprint density at radius 2 is 1.41 bits per heavy atom. The van der Waals surface area contributed by atoms with E-state index in [-0.39, 0.29) is 12.5 Å². The van der Waals surface area contributed by atoms with Crippen molar-refractivity contribution in [3.8, 4) is 0 Å². The highest BCUT2D eigenvalue weighted by molar-refractivity contribution is 5.73. The first-order valence-corrected chi connectivity index (χ1v) is 13.6. The van der Waals surface area contributed by atoms with Crippen LogP contribution in [0.25, 0.3) is 0 Å². The monoisotopic (exact) mass is 513 g/mol. The Kier molecular flexibility index (Phi) is 13.1. The number of hydrogen-bond donors (Lipinski definition) is 2. The van der Waals surface area contributed by atoms with Gasteiger partial charge in [0.1, 0.15) is 24.4 Å². The van der Waals surface area contributed by atoms with Crippen LogP contribution >= 0.6 is 0 Å². The number of amides is 1. The normalized spacial score (nSPS) is 23.6. The summed E-state index contributed by atoms with van der Waals surface area (Å²) >= 11 is 0. The van der Waals surface area contributed by atoms with Crippen molar-refractivity contribution >= 4 is 5.91 Å². The van der Waals surface area contributed by atoms with Crippen LogP contribution in [0.3, 0.4) is 0 Å². The van der Waals surface area contributed by atoms with Gasteiger partial charge < -0.3 is 29.4 Å². The molecule has 2 aromatic carbocycles. The van der Waals surface area contributed by atoms with Gasteiger partial charge in [-0.1, -0.05) is 99.7 Å². The summed E-state index contributed by atoms with van der Waals surface area (Å²) in [7, 11) is 0. The highest BCUT2D eigenvalue weighted by atomic mass is 16.7. The summed E-state index contributed by atoms with van der Waals surface area (Å²) in [6, 6.07) is 19.1. The van der Waals surface area contributed by atoms with Crippen LogP contribution in [0.1, 0.15) is 63.5 Å². The lowest BCUT2D eigenvalue weighted by atomic mass is 9.96. The lowest BCUT2D eigenvalue weighted by Crippen LogP contribution is -2.65. The Balaban J connectivity index is 1.74. The number of unbranched alkanes of at least 4 members (excludes halogenated alkanes) is 5. The van der Waals surface area contributed by atoms with Crippen molar-refractivity contribution < 1.29 is 28.8 Å². The molecule has 0 aliphatic carbocycles. The molecule has 5 atom stereocenters. The first-order chi connectivity index (χ1) is 18.1. The molecule has 0 bridgehead atoms. The van der Waals surface area contributed by atoms with E-state index in [2.05, 4.69) is 12.2 Å². The Morgan fingerprint density at radius 3 is 1.97 bits per heavy atom. The third-order valence-corrected chi connectivity index (χ3v) is 6.55. The van der Waals surface area contributed by atoms with E-state index in [1.807, 2.05) is 60.7 Å². The van der Waals surface area contributed by atoms with Gasteiger partial charge in [0.2, 0.25) is 5.91 Å². The standard InChI is InChI=1S/C30H43NO6/c1-3-4-5-6-7-14-19-34-30-27(31-23(2)33)29(36-22-25-17-12-9-13-18-25)28(26(20-32)37-30)35-21-24-15-10-8-11-16-24/h8-13,15-18,26-30,32H,3-7,14,19-22H2,1-2H3,(H,31,33)/t26-,27-,28-,29-,30+/m1/s1. The Bertz CT molecular complexity index is 880. The predicted molar refractivity (Wildman–Crippen MR) is 143 cm³/mol. The summed E-state index contributed by atoms with van der Waals surface area (Å²) in [6.45, 7) is 4.58. The molecular weight excluding hydrogens is 470 g/mol. The third-order valence-electron chi connectivity index (χ3n) is 6.55. The molecule has 1 aliphatic heterocycles. The first kappa shape index (κ1) is 29.3. The van der Waals surface area contributed by atoms with Crippen LogP contribution in [0.15, 0.2) is 60.7 Å². The summed E-state index contributed by atoms with van der Waals surface area (Å²) in [6.07, 6.45) is 4.24. The molecule has 3 rings (SSSR count). The molecule has 1 amide bonds. The number of carbonyl (C=O) groups excluding carboxylic acids is 1. The topological polar surface area (TPSA) is 86.2 Å². The maximum Gasteiger partial charge on any atom is 0.217 e. The zero-order chi connectivity index (χ0) is 26.3. The Morgan fingerprint density at radius 1 is 0.838 bits per heavy atom. The molecule has 37 heavy (non-hydrogen) atoms. The zero-order valence-corrected chi connectivity index (χ0v) is 22.2. The Labute approximate surface area is 221 Å². The minimum atomic E-state index is -0.756. The lowest BCUT2D eigenvalue weighted by molar-refractivity contribution is -0.288. The molecule has 1 fully saturated rings. The van der Waals surface area contributed by atoms with Crippen LogP contribution in [-0.2, 0) is 37.0 Å². The van der Waals surface area contributed by atoms with Crippen molar-refractivity contribution in [1.82, 2.24) is 5.32 Å². The quantitative estimate of drug-likeness (QED) is 0.315. The summed E-state index contributed by atoms with van der Waals surface area (Å²) < 4.78 is 25.0. The van der Waals surface area contributed by atoms with Gasteiger partial charge in [-0.05, 0) is 17.5 Å². The number of rotatable bonds is 16. The zero-order valence-electron chi connectivity index (χ0n) is 22.2. The summed E-state index contributed by atoms with van der Waals surface area (Å²) in [5.41, 5.74) is 2.00. The number of ether oxygens (including phenoxy) is 4. The average Bonchev–Trinajstić information content (AvgIpc) is 2.92. The molecule has 0 spiro atoms. The second-order valence-electron chi connectivity index (χ2n) is 9.61. The van der Waals surface area contributed by atoms with E-state index in [1.165, 1.54) is 32.6 Å². The summed E-state index contributed by atoms with van der Waals surface area (Å²) in [5.74, 6) is -0.209. The SMILES string of the molecule is CCCCCCCCO[C@H]1O[C@H](CO)[C@@H](OCc2ccccc2)[C@H](OCc2ccccc2)[C@H]1NC(C)=O. The molecule has 1 aliphatic rings. The van der Waals surface area contributed by atoms with Crippen LogP contribution in [0.4, 0.5) is 0 Å². The summed E-state index contributed by atoms with van der Waals surface area (Å²) in [4.78, 5) is 12.2.